The molecule has 15 heavy (non-hydrogen) atoms. The summed E-state index contributed by atoms with van der Waals surface area (Å²) in [5.74, 6) is 0.889. The van der Waals surface area contributed by atoms with Crippen LogP contribution in [0.1, 0.15) is 19.8 Å². The van der Waals surface area contributed by atoms with Crippen molar-refractivity contribution in [2.45, 2.75) is 25.4 Å². The maximum absolute atomic E-state index is 10.0. The maximum Gasteiger partial charge on any atom is 0.128 e. The summed E-state index contributed by atoms with van der Waals surface area (Å²) in [7, 11) is 0. The summed E-state index contributed by atoms with van der Waals surface area (Å²) < 4.78 is 0. The zero-order valence-corrected chi connectivity index (χ0v) is 9.54. The molecule has 0 radical (unpaired) electrons. The molecule has 1 N–H and O–H groups in total. The van der Waals surface area contributed by atoms with Crippen LogP contribution in [0.4, 0.5) is 5.82 Å². The van der Waals surface area contributed by atoms with Gasteiger partial charge in [-0.15, -0.1) is 0 Å². The fraction of sp³-hybridized carbons (Fsp3) is 0.545. The first-order valence-electron chi connectivity index (χ1n) is 5.22. The highest BCUT2D eigenvalue weighted by Crippen LogP contribution is 2.29. The van der Waals surface area contributed by atoms with Gasteiger partial charge in [-0.25, -0.2) is 4.98 Å². The van der Waals surface area contributed by atoms with E-state index in [2.05, 4.69) is 16.8 Å². The van der Waals surface area contributed by atoms with Gasteiger partial charge in [0.25, 0.3) is 0 Å². The van der Waals surface area contributed by atoms with Gasteiger partial charge in [-0.05, 0) is 18.6 Å². The van der Waals surface area contributed by atoms with E-state index in [4.69, 9.17) is 11.6 Å². The van der Waals surface area contributed by atoms with Gasteiger partial charge in [0.2, 0.25) is 0 Å². The number of aromatic nitrogens is 1. The van der Waals surface area contributed by atoms with Crippen molar-refractivity contribution in [3.05, 3.63) is 23.4 Å². The van der Waals surface area contributed by atoms with Crippen molar-refractivity contribution in [3.8, 4) is 0 Å². The Labute approximate surface area is 94.7 Å². The molecule has 0 unspecified atom stereocenters. The molecule has 1 saturated heterocycles. The van der Waals surface area contributed by atoms with Crippen molar-refractivity contribution in [1.82, 2.24) is 4.98 Å². The van der Waals surface area contributed by atoms with Crippen molar-refractivity contribution < 1.29 is 5.11 Å². The molecule has 3 nitrogen and oxygen atoms in total. The first kappa shape index (κ1) is 10.7. The van der Waals surface area contributed by atoms with Crippen LogP contribution in [0.5, 0.6) is 0 Å². The minimum absolute atomic E-state index is 0.504. The zero-order chi connectivity index (χ0) is 10.9. The van der Waals surface area contributed by atoms with Crippen molar-refractivity contribution in [3.63, 3.8) is 0 Å². The van der Waals surface area contributed by atoms with Gasteiger partial charge in [-0.3, -0.25) is 0 Å². The summed E-state index contributed by atoms with van der Waals surface area (Å²) in [6.07, 6.45) is 3.50. The van der Waals surface area contributed by atoms with E-state index in [0.717, 1.165) is 18.7 Å². The Balaban J connectivity index is 1.97. The molecule has 0 bridgehead atoms. The number of β-amino-alcohol motifs (C(OH)–C–C–N with tert-alkyl or cyclic N) is 1. The van der Waals surface area contributed by atoms with Crippen LogP contribution < -0.4 is 4.90 Å². The highest BCUT2D eigenvalue weighted by atomic mass is 35.5. The van der Waals surface area contributed by atoms with Crippen LogP contribution in [0.15, 0.2) is 18.3 Å². The average Bonchev–Trinajstić information content (AvgIpc) is 2.16. The molecule has 1 aromatic rings. The Kier molecular flexibility index (Phi) is 2.85. The molecule has 0 atom stereocenters. The van der Waals surface area contributed by atoms with Gasteiger partial charge in [-0.2, -0.15) is 0 Å². The number of rotatable bonds is 3. The van der Waals surface area contributed by atoms with Crippen LogP contribution >= 0.6 is 11.6 Å². The number of hydrogen-bond donors (Lipinski definition) is 1. The first-order chi connectivity index (χ1) is 7.13. The van der Waals surface area contributed by atoms with Crippen molar-refractivity contribution >= 4 is 17.4 Å². The number of halogens is 1. The highest BCUT2D eigenvalue weighted by molar-refractivity contribution is 6.30. The van der Waals surface area contributed by atoms with Gasteiger partial charge in [0.1, 0.15) is 5.82 Å². The Bertz CT molecular complexity index is 333. The largest absolute Gasteiger partial charge is 0.386 e. The molecule has 0 saturated carbocycles. The lowest BCUT2D eigenvalue weighted by Gasteiger charge is -2.47. The van der Waals surface area contributed by atoms with Crippen LogP contribution in [0, 0.1) is 0 Å². The van der Waals surface area contributed by atoms with Crippen LogP contribution in [-0.2, 0) is 0 Å². The van der Waals surface area contributed by atoms with E-state index >= 15 is 0 Å². The highest BCUT2D eigenvalue weighted by Gasteiger charge is 2.40. The molecule has 4 heteroatoms. The normalized spacial score (nSPS) is 18.7. The summed E-state index contributed by atoms with van der Waals surface area (Å²) >= 11 is 5.75. The van der Waals surface area contributed by atoms with Crippen molar-refractivity contribution in [2.75, 3.05) is 18.0 Å². The van der Waals surface area contributed by atoms with Gasteiger partial charge in [0.15, 0.2) is 0 Å². The third-order valence-corrected chi connectivity index (χ3v) is 2.95. The van der Waals surface area contributed by atoms with E-state index in [-0.39, 0.29) is 0 Å². The molecule has 0 aromatic carbocycles. The third-order valence-electron chi connectivity index (χ3n) is 2.72. The average molecular weight is 227 g/mol. The molecule has 1 aliphatic heterocycles. The van der Waals surface area contributed by atoms with E-state index in [1.807, 2.05) is 12.1 Å². The molecule has 2 heterocycles. The maximum atomic E-state index is 10.0. The van der Waals surface area contributed by atoms with Gasteiger partial charge < -0.3 is 10.0 Å². The Morgan fingerprint density at radius 2 is 2.27 bits per heavy atom. The molecule has 1 aromatic heterocycles. The van der Waals surface area contributed by atoms with Gasteiger partial charge in [0.05, 0.1) is 10.6 Å². The molecule has 1 fully saturated rings. The molecule has 1 aliphatic rings. The number of aliphatic hydroxyl groups is 1. The summed E-state index contributed by atoms with van der Waals surface area (Å²) in [5, 5.41) is 10.6. The topological polar surface area (TPSA) is 36.4 Å². The number of anilines is 1. The fourth-order valence-electron chi connectivity index (χ4n) is 2.00. The van der Waals surface area contributed by atoms with Crippen molar-refractivity contribution in [2.24, 2.45) is 0 Å². The monoisotopic (exact) mass is 226 g/mol. The third kappa shape index (κ3) is 2.24. The minimum atomic E-state index is -0.504. The van der Waals surface area contributed by atoms with Gasteiger partial charge in [-0.1, -0.05) is 24.9 Å². The predicted octanol–water partition coefficient (Wildman–Crippen LogP) is 2.09. The Morgan fingerprint density at radius 3 is 2.80 bits per heavy atom. The quantitative estimate of drug-likeness (QED) is 0.858. The number of nitrogens with zero attached hydrogens (tertiary/aromatic N) is 2. The van der Waals surface area contributed by atoms with Gasteiger partial charge in [0, 0.05) is 19.3 Å². The summed E-state index contributed by atoms with van der Waals surface area (Å²) in [5.41, 5.74) is -0.504. The first-order valence-corrected chi connectivity index (χ1v) is 5.60. The lowest BCUT2D eigenvalue weighted by molar-refractivity contribution is 0.00295. The van der Waals surface area contributed by atoms with E-state index in [9.17, 15) is 5.11 Å². The van der Waals surface area contributed by atoms with Crippen LogP contribution in [-0.4, -0.2) is 28.8 Å². The Hall–Kier alpha value is -0.800. The fourth-order valence-corrected chi connectivity index (χ4v) is 2.12. The lowest BCUT2D eigenvalue weighted by Crippen LogP contribution is -2.62. The molecule has 0 spiro atoms. The SMILES string of the molecule is CCCC1(O)CN(c2ccc(Cl)cn2)C1. The summed E-state index contributed by atoms with van der Waals surface area (Å²) in [6, 6.07) is 3.70. The smallest absolute Gasteiger partial charge is 0.128 e. The minimum Gasteiger partial charge on any atom is -0.386 e. The standard InChI is InChI=1S/C11H15ClN2O/c1-2-5-11(15)7-14(8-11)10-4-3-9(12)6-13-10/h3-4,6,15H,2,5,7-8H2,1H3. The lowest BCUT2D eigenvalue weighted by atomic mass is 9.89. The second-order valence-corrected chi connectivity index (χ2v) is 4.60. The second kappa shape index (κ2) is 3.99. The summed E-state index contributed by atoms with van der Waals surface area (Å²) in [4.78, 5) is 6.27. The number of pyridine rings is 1. The van der Waals surface area contributed by atoms with E-state index < -0.39 is 5.60 Å². The molecule has 2 rings (SSSR count). The predicted molar refractivity (Wildman–Crippen MR) is 61.3 cm³/mol. The van der Waals surface area contributed by atoms with Crippen molar-refractivity contribution in [1.29, 1.82) is 0 Å². The number of hydrogen-bond acceptors (Lipinski definition) is 3. The second-order valence-electron chi connectivity index (χ2n) is 4.17. The molecule has 82 valence electrons. The molecular weight excluding hydrogens is 212 g/mol. The van der Waals surface area contributed by atoms with Crippen LogP contribution in [0.25, 0.3) is 0 Å². The van der Waals surface area contributed by atoms with Crippen LogP contribution in [0.2, 0.25) is 5.02 Å². The van der Waals surface area contributed by atoms with Gasteiger partial charge >= 0.3 is 0 Å². The van der Waals surface area contributed by atoms with E-state index in [1.54, 1.807) is 6.20 Å². The van der Waals surface area contributed by atoms with E-state index in [0.29, 0.717) is 18.1 Å². The Morgan fingerprint density at radius 1 is 1.53 bits per heavy atom. The molecule has 0 aliphatic carbocycles. The zero-order valence-electron chi connectivity index (χ0n) is 8.78. The summed E-state index contributed by atoms with van der Waals surface area (Å²) in [6.45, 7) is 3.44. The molecular formula is C11H15ClN2O. The van der Waals surface area contributed by atoms with E-state index in [1.165, 1.54) is 0 Å². The molecule has 0 amide bonds. The van der Waals surface area contributed by atoms with Crippen LogP contribution in [0.3, 0.4) is 0 Å².